The molecule has 0 aliphatic heterocycles. The van der Waals surface area contributed by atoms with Crippen LogP contribution in [-0.2, 0) is 16.1 Å². The lowest BCUT2D eigenvalue weighted by molar-refractivity contribution is -0.143. The van der Waals surface area contributed by atoms with Crippen molar-refractivity contribution in [1.29, 1.82) is 0 Å². The van der Waals surface area contributed by atoms with Gasteiger partial charge in [0.1, 0.15) is 12.4 Å². The monoisotopic (exact) mass is 210 g/mol. The van der Waals surface area contributed by atoms with E-state index >= 15 is 0 Å². The van der Waals surface area contributed by atoms with Gasteiger partial charge in [-0.05, 0) is 20.8 Å². The Morgan fingerprint density at radius 1 is 1.53 bits per heavy atom. The Balaban J connectivity index is 2.95. The second-order valence-electron chi connectivity index (χ2n) is 3.17. The van der Waals surface area contributed by atoms with Crippen LogP contribution in [0.4, 0.5) is 0 Å². The van der Waals surface area contributed by atoms with Crippen molar-refractivity contribution in [2.75, 3.05) is 6.61 Å². The molecule has 0 fully saturated rings. The summed E-state index contributed by atoms with van der Waals surface area (Å²) in [5.74, 6) is 0.0985. The van der Waals surface area contributed by atoms with E-state index in [2.05, 4.69) is 4.98 Å². The Kier molecular flexibility index (Phi) is 3.60. The highest BCUT2D eigenvalue weighted by Gasteiger charge is 2.08. The van der Waals surface area contributed by atoms with Gasteiger partial charge in [0.2, 0.25) is 0 Å². The quantitative estimate of drug-likeness (QED) is 0.678. The van der Waals surface area contributed by atoms with E-state index in [1.165, 1.54) is 10.6 Å². The van der Waals surface area contributed by atoms with Gasteiger partial charge in [0.25, 0.3) is 5.56 Å². The van der Waals surface area contributed by atoms with E-state index in [0.717, 1.165) is 0 Å². The third-order valence-electron chi connectivity index (χ3n) is 1.92. The maximum atomic E-state index is 11.5. The van der Waals surface area contributed by atoms with E-state index in [4.69, 9.17) is 4.74 Å². The van der Waals surface area contributed by atoms with E-state index < -0.39 is 5.97 Å². The number of ether oxygens (including phenoxy) is 1. The Morgan fingerprint density at radius 2 is 2.20 bits per heavy atom. The number of carbonyl (C=O) groups excluding carboxylic acids is 1. The van der Waals surface area contributed by atoms with Crippen LogP contribution in [0, 0.1) is 13.8 Å². The number of hydrogen-bond donors (Lipinski definition) is 0. The fraction of sp³-hybridized carbons (Fsp3) is 0.500. The number of rotatable bonds is 3. The minimum Gasteiger partial charge on any atom is -0.465 e. The van der Waals surface area contributed by atoms with Crippen molar-refractivity contribution >= 4 is 5.97 Å². The minimum absolute atomic E-state index is 0.0776. The van der Waals surface area contributed by atoms with Crippen LogP contribution in [0.2, 0.25) is 0 Å². The topological polar surface area (TPSA) is 61.2 Å². The maximum Gasteiger partial charge on any atom is 0.326 e. The molecule has 0 aliphatic carbocycles. The van der Waals surface area contributed by atoms with Crippen LogP contribution in [0.3, 0.4) is 0 Å². The molecule has 0 N–H and O–H groups in total. The van der Waals surface area contributed by atoms with Gasteiger partial charge in [0.05, 0.1) is 6.61 Å². The van der Waals surface area contributed by atoms with Gasteiger partial charge in [-0.1, -0.05) is 0 Å². The van der Waals surface area contributed by atoms with Gasteiger partial charge in [0.15, 0.2) is 0 Å². The van der Waals surface area contributed by atoms with Crippen molar-refractivity contribution in [1.82, 2.24) is 9.55 Å². The van der Waals surface area contributed by atoms with Crippen molar-refractivity contribution in [3.8, 4) is 0 Å². The molecule has 0 atom stereocenters. The summed E-state index contributed by atoms with van der Waals surface area (Å²) < 4.78 is 6.06. The molecule has 0 saturated heterocycles. The first-order valence-electron chi connectivity index (χ1n) is 4.75. The van der Waals surface area contributed by atoms with E-state index in [1.54, 1.807) is 20.8 Å². The molecular formula is C10H14N2O3. The first-order valence-corrected chi connectivity index (χ1v) is 4.75. The lowest BCUT2D eigenvalue weighted by Crippen LogP contribution is -2.28. The molecule has 0 aromatic carbocycles. The fourth-order valence-electron chi connectivity index (χ4n) is 1.29. The zero-order valence-electron chi connectivity index (χ0n) is 9.11. The molecule has 0 bridgehead atoms. The van der Waals surface area contributed by atoms with Crippen LogP contribution < -0.4 is 5.56 Å². The summed E-state index contributed by atoms with van der Waals surface area (Å²) in [6.07, 6.45) is 0. The van der Waals surface area contributed by atoms with Gasteiger partial charge in [-0.3, -0.25) is 14.2 Å². The summed E-state index contributed by atoms with van der Waals surface area (Å²) in [6, 6.07) is 1.40. The van der Waals surface area contributed by atoms with Crippen LogP contribution in [0.1, 0.15) is 18.4 Å². The Hall–Kier alpha value is -1.65. The van der Waals surface area contributed by atoms with Gasteiger partial charge in [0, 0.05) is 11.8 Å². The zero-order valence-corrected chi connectivity index (χ0v) is 9.11. The van der Waals surface area contributed by atoms with Crippen molar-refractivity contribution < 1.29 is 9.53 Å². The highest BCUT2D eigenvalue weighted by molar-refractivity contribution is 5.69. The van der Waals surface area contributed by atoms with Crippen LogP contribution in [0.15, 0.2) is 10.9 Å². The molecule has 1 aromatic rings. The second kappa shape index (κ2) is 4.72. The fourth-order valence-corrected chi connectivity index (χ4v) is 1.29. The third-order valence-corrected chi connectivity index (χ3v) is 1.92. The summed E-state index contributed by atoms with van der Waals surface area (Å²) in [7, 11) is 0. The van der Waals surface area contributed by atoms with Crippen LogP contribution in [0.25, 0.3) is 0 Å². The number of nitrogens with zero attached hydrogens (tertiary/aromatic N) is 2. The van der Waals surface area contributed by atoms with E-state index in [1.807, 2.05) is 0 Å². The molecule has 1 rings (SSSR count). The van der Waals surface area contributed by atoms with Crippen molar-refractivity contribution in [2.45, 2.75) is 27.3 Å². The maximum absolute atomic E-state index is 11.5. The minimum atomic E-state index is -0.423. The third kappa shape index (κ3) is 2.90. The summed E-state index contributed by atoms with van der Waals surface area (Å²) in [5, 5.41) is 0. The van der Waals surface area contributed by atoms with Crippen LogP contribution in [0.5, 0.6) is 0 Å². The van der Waals surface area contributed by atoms with Crippen molar-refractivity contribution in [3.05, 3.63) is 27.9 Å². The summed E-state index contributed by atoms with van der Waals surface area (Å²) in [4.78, 5) is 26.8. The first kappa shape index (κ1) is 11.4. The molecule has 0 saturated carbocycles. The normalized spacial score (nSPS) is 10.1. The van der Waals surface area contributed by atoms with Crippen molar-refractivity contribution in [2.24, 2.45) is 0 Å². The highest BCUT2D eigenvalue weighted by atomic mass is 16.5. The van der Waals surface area contributed by atoms with Crippen LogP contribution >= 0.6 is 0 Å². The molecule has 82 valence electrons. The predicted molar refractivity (Wildman–Crippen MR) is 54.6 cm³/mol. The smallest absolute Gasteiger partial charge is 0.326 e. The van der Waals surface area contributed by atoms with Gasteiger partial charge >= 0.3 is 5.97 Å². The summed E-state index contributed by atoms with van der Waals surface area (Å²) >= 11 is 0. The first-order chi connectivity index (χ1) is 7.04. The molecule has 15 heavy (non-hydrogen) atoms. The largest absolute Gasteiger partial charge is 0.465 e. The number of aryl methyl sites for hydroxylation is 2. The predicted octanol–water partition coefficient (Wildman–Crippen LogP) is 0.423. The second-order valence-corrected chi connectivity index (χ2v) is 3.17. The SMILES string of the molecule is CCOC(=O)Cn1c(C)nc(C)cc1=O. The van der Waals surface area contributed by atoms with E-state index in [0.29, 0.717) is 18.1 Å². The number of esters is 1. The molecule has 5 heteroatoms. The van der Waals surface area contributed by atoms with Gasteiger partial charge in [-0.2, -0.15) is 0 Å². The average Bonchev–Trinajstić information content (AvgIpc) is 2.11. The lowest BCUT2D eigenvalue weighted by atomic mass is 10.4. The molecule has 0 radical (unpaired) electrons. The van der Waals surface area contributed by atoms with Crippen LogP contribution in [-0.4, -0.2) is 22.1 Å². The summed E-state index contributed by atoms with van der Waals surface area (Å²) in [6.45, 7) is 5.38. The van der Waals surface area contributed by atoms with Gasteiger partial charge in [-0.15, -0.1) is 0 Å². The van der Waals surface area contributed by atoms with Gasteiger partial charge in [-0.25, -0.2) is 4.98 Å². The molecule has 0 unspecified atom stereocenters. The number of aromatic nitrogens is 2. The zero-order chi connectivity index (χ0) is 11.4. The van der Waals surface area contributed by atoms with Gasteiger partial charge < -0.3 is 4.74 Å². The summed E-state index contributed by atoms with van der Waals surface area (Å²) in [5.41, 5.74) is 0.422. The standard InChI is InChI=1S/C10H14N2O3/c1-4-15-10(14)6-12-8(3)11-7(2)5-9(12)13/h5H,4,6H2,1-3H3. The Morgan fingerprint density at radius 3 is 2.73 bits per heavy atom. The molecule has 0 amide bonds. The average molecular weight is 210 g/mol. The van der Waals surface area contributed by atoms with E-state index in [-0.39, 0.29) is 12.1 Å². The number of hydrogen-bond acceptors (Lipinski definition) is 4. The lowest BCUT2D eigenvalue weighted by Gasteiger charge is -2.08. The molecular weight excluding hydrogens is 196 g/mol. The molecule has 1 aromatic heterocycles. The van der Waals surface area contributed by atoms with E-state index in [9.17, 15) is 9.59 Å². The molecule has 0 spiro atoms. The molecule has 0 aliphatic rings. The highest BCUT2D eigenvalue weighted by Crippen LogP contribution is 1.94. The van der Waals surface area contributed by atoms with Crippen molar-refractivity contribution in [3.63, 3.8) is 0 Å². The Bertz CT molecular complexity index is 423. The molecule has 1 heterocycles. The molecule has 5 nitrogen and oxygen atoms in total. The Labute approximate surface area is 87.7 Å². The number of carbonyl (C=O) groups is 1.